The van der Waals surface area contributed by atoms with E-state index >= 15 is 0 Å². The van der Waals surface area contributed by atoms with E-state index in [0.717, 1.165) is 15.5 Å². The average Bonchev–Trinajstić information content (AvgIpc) is 2.93. The normalized spacial score (nSPS) is 23.2. The van der Waals surface area contributed by atoms with Crippen LogP contribution in [0.5, 0.6) is 0 Å². The van der Waals surface area contributed by atoms with Crippen LogP contribution in [-0.4, -0.2) is 57.6 Å². The number of amides is 1. The topological polar surface area (TPSA) is 151 Å². The van der Waals surface area contributed by atoms with Gasteiger partial charge in [0.1, 0.15) is 18.0 Å². The zero-order valence-electron chi connectivity index (χ0n) is 12.9. The average molecular weight is 340 g/mol. The van der Waals surface area contributed by atoms with Gasteiger partial charge in [-0.25, -0.2) is 4.79 Å². The van der Waals surface area contributed by atoms with E-state index in [1.165, 1.54) is 6.20 Å². The molecule has 5 N–H and O–H groups in total. The Morgan fingerprint density at radius 1 is 1.58 bits per heavy atom. The van der Waals surface area contributed by atoms with E-state index in [0.29, 0.717) is 0 Å². The number of carbonyl (C=O) groups excluding carboxylic acids is 1. The van der Waals surface area contributed by atoms with Crippen molar-refractivity contribution in [1.82, 2.24) is 9.55 Å². The monoisotopic (exact) mass is 340 g/mol. The van der Waals surface area contributed by atoms with Crippen LogP contribution in [0.15, 0.2) is 28.4 Å². The number of aromatic nitrogens is 2. The second-order valence-electron chi connectivity index (χ2n) is 5.28. The summed E-state index contributed by atoms with van der Waals surface area (Å²) in [6.07, 6.45) is -0.385. The summed E-state index contributed by atoms with van der Waals surface area (Å²) in [5.41, 5.74) is 3.87. The molecule has 132 valence electrons. The third-order valence-corrected chi connectivity index (χ3v) is 3.73. The second kappa shape index (κ2) is 7.53. The molecule has 1 amide bonds. The first-order valence-electron chi connectivity index (χ1n) is 7.36. The number of nitrogens with two attached hydrogens (primary N) is 1. The number of hydrogen-bond donors (Lipinski definition) is 4. The van der Waals surface area contributed by atoms with E-state index in [-0.39, 0.29) is 25.2 Å². The number of nitrogens with one attached hydrogen (secondary N) is 1. The van der Waals surface area contributed by atoms with Crippen molar-refractivity contribution in [2.75, 3.05) is 24.6 Å². The summed E-state index contributed by atoms with van der Waals surface area (Å²) in [4.78, 5) is 39.2. The van der Waals surface area contributed by atoms with Crippen LogP contribution < -0.4 is 21.9 Å². The Hall–Kier alpha value is -2.27. The minimum absolute atomic E-state index is 0.0551. The van der Waals surface area contributed by atoms with Gasteiger partial charge in [0.25, 0.3) is 11.5 Å². The van der Waals surface area contributed by atoms with Gasteiger partial charge in [0, 0.05) is 25.7 Å². The molecule has 0 spiro atoms. The smallest absolute Gasteiger partial charge is 0.330 e. The Labute approximate surface area is 136 Å². The van der Waals surface area contributed by atoms with Crippen molar-refractivity contribution in [1.29, 1.82) is 0 Å². The highest BCUT2D eigenvalue weighted by molar-refractivity contribution is 6.00. The maximum atomic E-state index is 12.1. The molecule has 0 aromatic carbocycles. The summed E-state index contributed by atoms with van der Waals surface area (Å²) in [7, 11) is 0. The Morgan fingerprint density at radius 2 is 2.29 bits per heavy atom. The summed E-state index contributed by atoms with van der Waals surface area (Å²) < 4.78 is 6.47. The van der Waals surface area contributed by atoms with E-state index in [4.69, 9.17) is 15.6 Å². The van der Waals surface area contributed by atoms with E-state index < -0.39 is 42.2 Å². The minimum Gasteiger partial charge on any atom is -0.394 e. The molecular weight excluding hydrogens is 320 g/mol. The molecule has 2 rings (SSSR count). The van der Waals surface area contributed by atoms with Crippen LogP contribution >= 0.6 is 0 Å². The summed E-state index contributed by atoms with van der Waals surface area (Å²) in [5.74, 6) is -0.545. The molecule has 1 aliphatic rings. The van der Waals surface area contributed by atoms with Crippen molar-refractivity contribution in [2.45, 2.75) is 24.9 Å². The fraction of sp³-hybridized carbons (Fsp3) is 0.500. The molecular formula is C14H20N4O6. The van der Waals surface area contributed by atoms with E-state index in [2.05, 4.69) is 11.6 Å². The standard InChI is InChI=1S/C14H20N4O6/c1-2-11(21)17(4-3-15)8-6-18(14(23)16-13(8)22)12-5-9(20)10(7-19)24-12/h2,6,9-10,12,19-20H,1,3-5,7,15H2,(H,16,22,23)/t9-,10+,12+/m0/s1. The highest BCUT2D eigenvalue weighted by Crippen LogP contribution is 2.27. The zero-order valence-corrected chi connectivity index (χ0v) is 12.9. The molecule has 1 fully saturated rings. The second-order valence-corrected chi connectivity index (χ2v) is 5.28. The molecule has 1 saturated heterocycles. The lowest BCUT2D eigenvalue weighted by Gasteiger charge is -2.21. The van der Waals surface area contributed by atoms with Gasteiger partial charge in [0.15, 0.2) is 0 Å². The quantitative estimate of drug-likeness (QED) is 0.423. The Bertz CT molecular complexity index is 727. The lowest BCUT2D eigenvalue weighted by atomic mass is 10.2. The van der Waals surface area contributed by atoms with Crippen molar-refractivity contribution in [3.05, 3.63) is 39.7 Å². The Morgan fingerprint density at radius 3 is 2.83 bits per heavy atom. The van der Waals surface area contributed by atoms with Crippen LogP contribution in [0.3, 0.4) is 0 Å². The molecule has 10 heteroatoms. The SMILES string of the molecule is C=CC(=O)N(CCN)c1cn([C@H]2C[C@H](O)[C@@H](CO)O2)c(=O)[nH]c1=O. The first kappa shape index (κ1) is 18.1. The number of nitrogens with zero attached hydrogens (tertiary/aromatic N) is 2. The molecule has 0 radical (unpaired) electrons. The van der Waals surface area contributed by atoms with Crippen LogP contribution in [0.1, 0.15) is 12.6 Å². The molecule has 0 aliphatic carbocycles. The Balaban J connectivity index is 2.45. The van der Waals surface area contributed by atoms with Crippen LogP contribution in [0.2, 0.25) is 0 Å². The molecule has 1 aromatic heterocycles. The highest BCUT2D eigenvalue weighted by Gasteiger charge is 2.35. The van der Waals surface area contributed by atoms with Gasteiger partial charge >= 0.3 is 5.69 Å². The zero-order chi connectivity index (χ0) is 17.9. The van der Waals surface area contributed by atoms with Gasteiger partial charge in [0.05, 0.1) is 12.7 Å². The Kier molecular flexibility index (Phi) is 5.67. The predicted octanol–water partition coefficient (Wildman–Crippen LogP) is -2.34. The summed E-state index contributed by atoms with van der Waals surface area (Å²) in [5, 5.41) is 18.9. The van der Waals surface area contributed by atoms with Crippen LogP contribution in [-0.2, 0) is 9.53 Å². The maximum Gasteiger partial charge on any atom is 0.330 e. The van der Waals surface area contributed by atoms with Crippen molar-refractivity contribution in [2.24, 2.45) is 5.73 Å². The lowest BCUT2D eigenvalue weighted by molar-refractivity contribution is -0.114. The molecule has 3 atom stereocenters. The van der Waals surface area contributed by atoms with Crippen LogP contribution in [0.25, 0.3) is 0 Å². The van der Waals surface area contributed by atoms with Gasteiger partial charge in [-0.05, 0) is 6.08 Å². The molecule has 1 aliphatic heterocycles. The fourth-order valence-corrected chi connectivity index (χ4v) is 2.52. The van der Waals surface area contributed by atoms with E-state index in [9.17, 15) is 19.5 Å². The number of aliphatic hydroxyl groups is 2. The van der Waals surface area contributed by atoms with Gasteiger partial charge in [-0.2, -0.15) is 0 Å². The van der Waals surface area contributed by atoms with Gasteiger partial charge in [0.2, 0.25) is 0 Å². The number of aliphatic hydroxyl groups excluding tert-OH is 2. The van der Waals surface area contributed by atoms with Crippen molar-refractivity contribution >= 4 is 11.6 Å². The third kappa shape index (κ3) is 3.46. The van der Waals surface area contributed by atoms with Crippen molar-refractivity contribution < 1.29 is 19.7 Å². The van der Waals surface area contributed by atoms with E-state index in [1.807, 2.05) is 0 Å². The van der Waals surface area contributed by atoms with Crippen molar-refractivity contribution in [3.63, 3.8) is 0 Å². The first-order chi connectivity index (χ1) is 11.4. The van der Waals surface area contributed by atoms with Gasteiger partial charge in [-0.1, -0.05) is 6.58 Å². The lowest BCUT2D eigenvalue weighted by Crippen LogP contribution is -2.41. The summed E-state index contributed by atoms with van der Waals surface area (Å²) in [6, 6.07) is 0. The number of aromatic amines is 1. The first-order valence-corrected chi connectivity index (χ1v) is 7.36. The predicted molar refractivity (Wildman–Crippen MR) is 84.5 cm³/mol. The van der Waals surface area contributed by atoms with Crippen LogP contribution in [0, 0.1) is 0 Å². The molecule has 10 nitrogen and oxygen atoms in total. The molecule has 24 heavy (non-hydrogen) atoms. The van der Waals surface area contributed by atoms with Gasteiger partial charge in [-0.3, -0.25) is 19.1 Å². The maximum absolute atomic E-state index is 12.1. The molecule has 0 saturated carbocycles. The number of rotatable bonds is 6. The number of ether oxygens (including phenoxy) is 1. The summed E-state index contributed by atoms with van der Waals surface area (Å²) >= 11 is 0. The number of hydrogen-bond acceptors (Lipinski definition) is 7. The fourth-order valence-electron chi connectivity index (χ4n) is 2.52. The number of anilines is 1. The highest BCUT2D eigenvalue weighted by atomic mass is 16.5. The van der Waals surface area contributed by atoms with Gasteiger partial charge < -0.3 is 25.6 Å². The number of H-pyrrole nitrogens is 1. The molecule has 0 unspecified atom stereocenters. The van der Waals surface area contributed by atoms with E-state index in [1.54, 1.807) is 0 Å². The molecule has 0 bridgehead atoms. The minimum atomic E-state index is -0.947. The largest absolute Gasteiger partial charge is 0.394 e. The number of carbonyl (C=O) groups is 1. The van der Waals surface area contributed by atoms with Gasteiger partial charge in [-0.15, -0.1) is 0 Å². The van der Waals surface area contributed by atoms with Crippen LogP contribution in [0.4, 0.5) is 5.69 Å². The van der Waals surface area contributed by atoms with Crippen molar-refractivity contribution in [3.8, 4) is 0 Å². The molecule has 2 heterocycles. The molecule has 1 aromatic rings. The summed E-state index contributed by atoms with van der Waals surface area (Å²) in [6.45, 7) is 3.12. The third-order valence-electron chi connectivity index (χ3n) is 3.73.